The highest BCUT2D eigenvalue weighted by Crippen LogP contribution is 2.15. The van der Waals surface area contributed by atoms with Crippen LogP contribution in [0.15, 0.2) is 34.8 Å². The molecule has 8 heteroatoms. The number of halogens is 1. The van der Waals surface area contributed by atoms with Gasteiger partial charge in [-0.05, 0) is 18.2 Å². The second-order valence-electron chi connectivity index (χ2n) is 3.89. The molecule has 2 N–H and O–H groups in total. The first-order valence-corrected chi connectivity index (χ1v) is 8.15. The molecule has 0 spiro atoms. The van der Waals surface area contributed by atoms with Crippen molar-refractivity contribution in [2.45, 2.75) is 11.4 Å². The quantitative estimate of drug-likeness (QED) is 0.825. The lowest BCUT2D eigenvalue weighted by Gasteiger charge is -2.06. The Bertz CT molecular complexity index is 777. The van der Waals surface area contributed by atoms with Gasteiger partial charge in [0.25, 0.3) is 0 Å². The lowest BCUT2D eigenvalue weighted by Crippen LogP contribution is -2.23. The van der Waals surface area contributed by atoms with Crippen LogP contribution in [-0.2, 0) is 16.6 Å². The van der Waals surface area contributed by atoms with Crippen molar-refractivity contribution in [2.75, 3.05) is 6.61 Å². The standard InChI is InChI=1S/C13H11FN2O3S2/c14-13-6-12(4-3-10(13)2-1-5-17)21(18,19)16-8-11-7-15-9-20-11/h3-4,6-7,9,16-17H,5,8H2. The van der Waals surface area contributed by atoms with Crippen molar-refractivity contribution >= 4 is 21.4 Å². The summed E-state index contributed by atoms with van der Waals surface area (Å²) in [4.78, 5) is 4.41. The number of hydrogen-bond donors (Lipinski definition) is 2. The van der Waals surface area contributed by atoms with Crippen LogP contribution in [0.2, 0.25) is 0 Å². The number of aromatic nitrogens is 1. The van der Waals surface area contributed by atoms with Crippen LogP contribution in [0.5, 0.6) is 0 Å². The average molecular weight is 326 g/mol. The third kappa shape index (κ3) is 4.09. The zero-order valence-electron chi connectivity index (χ0n) is 10.7. The molecule has 2 aromatic rings. The van der Waals surface area contributed by atoms with E-state index in [9.17, 15) is 12.8 Å². The van der Waals surface area contributed by atoms with Crippen molar-refractivity contribution < 1.29 is 17.9 Å². The predicted octanol–water partition coefficient (Wildman–Crippen LogP) is 1.10. The third-order valence-corrected chi connectivity index (χ3v) is 4.65. The summed E-state index contributed by atoms with van der Waals surface area (Å²) in [5.74, 6) is 3.95. The summed E-state index contributed by atoms with van der Waals surface area (Å²) in [7, 11) is -3.80. The third-order valence-electron chi connectivity index (χ3n) is 2.47. The molecule has 0 aliphatic rings. The van der Waals surface area contributed by atoms with Gasteiger partial charge in [0.1, 0.15) is 12.4 Å². The molecule has 110 valence electrons. The second-order valence-corrected chi connectivity index (χ2v) is 6.63. The van der Waals surface area contributed by atoms with Crippen molar-refractivity contribution in [1.82, 2.24) is 9.71 Å². The fourth-order valence-electron chi connectivity index (χ4n) is 1.48. The van der Waals surface area contributed by atoms with Gasteiger partial charge in [-0.2, -0.15) is 0 Å². The molecule has 1 heterocycles. The number of benzene rings is 1. The number of hydrogen-bond acceptors (Lipinski definition) is 5. The maximum Gasteiger partial charge on any atom is 0.241 e. The van der Waals surface area contributed by atoms with E-state index >= 15 is 0 Å². The molecule has 0 radical (unpaired) electrons. The van der Waals surface area contributed by atoms with Gasteiger partial charge >= 0.3 is 0 Å². The smallest absolute Gasteiger partial charge is 0.241 e. The number of aliphatic hydroxyl groups excluding tert-OH is 1. The zero-order valence-corrected chi connectivity index (χ0v) is 12.3. The second kappa shape index (κ2) is 6.78. The molecule has 5 nitrogen and oxygen atoms in total. The van der Waals surface area contributed by atoms with Crippen molar-refractivity contribution in [3.63, 3.8) is 0 Å². The van der Waals surface area contributed by atoms with Gasteiger partial charge in [-0.15, -0.1) is 11.3 Å². The van der Waals surface area contributed by atoms with Gasteiger partial charge in [-0.1, -0.05) is 11.8 Å². The van der Waals surface area contributed by atoms with Crippen molar-refractivity contribution in [3.8, 4) is 11.8 Å². The van der Waals surface area contributed by atoms with E-state index in [1.54, 1.807) is 11.7 Å². The number of sulfonamides is 1. The molecular weight excluding hydrogens is 315 g/mol. The van der Waals surface area contributed by atoms with Gasteiger partial charge in [-0.25, -0.2) is 17.5 Å². The Morgan fingerprint density at radius 2 is 2.24 bits per heavy atom. The van der Waals surface area contributed by atoms with Crippen LogP contribution in [0.1, 0.15) is 10.4 Å². The van der Waals surface area contributed by atoms with Gasteiger partial charge in [0.15, 0.2) is 0 Å². The van der Waals surface area contributed by atoms with E-state index in [-0.39, 0.29) is 17.0 Å². The molecule has 1 aromatic heterocycles. The van der Waals surface area contributed by atoms with Gasteiger partial charge in [-0.3, -0.25) is 4.98 Å². The number of nitrogens with one attached hydrogen (secondary N) is 1. The molecular formula is C13H11FN2O3S2. The molecule has 0 aliphatic carbocycles. The average Bonchev–Trinajstić information content (AvgIpc) is 2.97. The molecule has 0 atom stereocenters. The van der Waals surface area contributed by atoms with Crippen LogP contribution >= 0.6 is 11.3 Å². The number of aliphatic hydroxyl groups is 1. The van der Waals surface area contributed by atoms with E-state index in [1.807, 2.05) is 0 Å². The summed E-state index contributed by atoms with van der Waals surface area (Å²) in [6.07, 6.45) is 1.56. The van der Waals surface area contributed by atoms with Crippen molar-refractivity contribution in [3.05, 3.63) is 46.2 Å². The predicted molar refractivity (Wildman–Crippen MR) is 76.5 cm³/mol. The molecule has 1 aromatic carbocycles. The van der Waals surface area contributed by atoms with Gasteiger partial charge < -0.3 is 5.11 Å². The van der Waals surface area contributed by atoms with Crippen molar-refractivity contribution in [1.29, 1.82) is 0 Å². The first-order chi connectivity index (χ1) is 10.0. The van der Waals surface area contributed by atoms with Crippen LogP contribution in [0.25, 0.3) is 0 Å². The van der Waals surface area contributed by atoms with Crippen LogP contribution in [0, 0.1) is 17.7 Å². The summed E-state index contributed by atoms with van der Waals surface area (Å²) in [5.41, 5.74) is 1.63. The summed E-state index contributed by atoms with van der Waals surface area (Å²) in [6, 6.07) is 3.43. The summed E-state index contributed by atoms with van der Waals surface area (Å²) in [5, 5.41) is 8.56. The summed E-state index contributed by atoms with van der Waals surface area (Å²) < 4.78 is 40.2. The van der Waals surface area contributed by atoms with Crippen LogP contribution in [-0.4, -0.2) is 25.1 Å². The lowest BCUT2D eigenvalue weighted by molar-refractivity contribution is 0.350. The highest BCUT2D eigenvalue weighted by molar-refractivity contribution is 7.89. The Morgan fingerprint density at radius 1 is 1.43 bits per heavy atom. The summed E-state index contributed by atoms with van der Waals surface area (Å²) >= 11 is 1.32. The molecule has 0 unspecified atom stereocenters. The van der Waals surface area contributed by atoms with E-state index in [0.29, 0.717) is 0 Å². The SMILES string of the molecule is O=S(=O)(NCc1cncs1)c1ccc(C#CCO)c(F)c1. The fraction of sp³-hybridized carbons (Fsp3) is 0.154. The first-order valence-electron chi connectivity index (χ1n) is 5.79. The van der Waals surface area contributed by atoms with Gasteiger partial charge in [0.2, 0.25) is 10.0 Å². The minimum Gasteiger partial charge on any atom is -0.384 e. The summed E-state index contributed by atoms with van der Waals surface area (Å²) in [6.45, 7) is -0.295. The Hall–Kier alpha value is -1.79. The van der Waals surface area contributed by atoms with Gasteiger partial charge in [0, 0.05) is 17.6 Å². The largest absolute Gasteiger partial charge is 0.384 e. The highest BCUT2D eigenvalue weighted by Gasteiger charge is 2.16. The Morgan fingerprint density at radius 3 is 2.86 bits per heavy atom. The maximum atomic E-state index is 13.7. The lowest BCUT2D eigenvalue weighted by atomic mass is 10.2. The van der Waals surface area contributed by atoms with E-state index < -0.39 is 22.4 Å². The fourth-order valence-corrected chi connectivity index (χ4v) is 3.12. The minimum absolute atomic E-state index is 0.0328. The molecule has 0 saturated heterocycles. The number of rotatable bonds is 4. The minimum atomic E-state index is -3.80. The Labute approximate surface area is 125 Å². The highest BCUT2D eigenvalue weighted by atomic mass is 32.2. The Balaban J connectivity index is 2.18. The molecule has 0 amide bonds. The molecule has 0 saturated carbocycles. The molecule has 21 heavy (non-hydrogen) atoms. The normalized spacial score (nSPS) is 11.0. The zero-order chi connectivity index (χ0) is 15.3. The first kappa shape index (κ1) is 15.6. The molecule has 2 rings (SSSR count). The van der Waals surface area contributed by atoms with E-state index in [2.05, 4.69) is 21.5 Å². The maximum absolute atomic E-state index is 13.7. The van der Waals surface area contributed by atoms with Gasteiger partial charge in [0.05, 0.1) is 16.0 Å². The van der Waals surface area contributed by atoms with Crippen LogP contribution < -0.4 is 4.72 Å². The van der Waals surface area contributed by atoms with Crippen LogP contribution in [0.4, 0.5) is 4.39 Å². The Kier molecular flexibility index (Phi) is 5.03. The van der Waals surface area contributed by atoms with E-state index in [4.69, 9.17) is 5.11 Å². The molecule has 0 aliphatic heterocycles. The van der Waals surface area contributed by atoms with E-state index in [1.165, 1.54) is 23.5 Å². The number of thiazole rings is 1. The molecule has 0 fully saturated rings. The monoisotopic (exact) mass is 326 g/mol. The van der Waals surface area contributed by atoms with Crippen LogP contribution in [0.3, 0.4) is 0 Å². The van der Waals surface area contributed by atoms with E-state index in [0.717, 1.165) is 10.9 Å². The molecule has 0 bridgehead atoms. The topological polar surface area (TPSA) is 79.3 Å². The number of nitrogens with zero attached hydrogens (tertiary/aromatic N) is 1. The van der Waals surface area contributed by atoms with Crippen molar-refractivity contribution in [2.24, 2.45) is 0 Å².